The number of likely N-dealkylation sites (tertiary alicyclic amines) is 2. The van der Waals surface area contributed by atoms with Gasteiger partial charge in [0.05, 0.1) is 0 Å². The van der Waals surface area contributed by atoms with Crippen molar-refractivity contribution in [1.82, 2.24) is 19.1 Å². The molecular formula is C21H34N4O3S. The molecule has 4 rings (SSSR count). The molecule has 4 heterocycles. The summed E-state index contributed by atoms with van der Waals surface area (Å²) in [6.45, 7) is 8.52. The number of carbonyl (C=O) groups is 1. The van der Waals surface area contributed by atoms with Crippen molar-refractivity contribution in [1.29, 1.82) is 0 Å². The summed E-state index contributed by atoms with van der Waals surface area (Å²) in [6.07, 6.45) is 7.72. The second-order valence-corrected chi connectivity index (χ2v) is 10.7. The van der Waals surface area contributed by atoms with Gasteiger partial charge in [-0.25, -0.2) is 8.42 Å². The molecule has 8 heteroatoms. The van der Waals surface area contributed by atoms with Gasteiger partial charge in [-0.15, -0.1) is 0 Å². The van der Waals surface area contributed by atoms with E-state index in [1.807, 2.05) is 4.90 Å². The summed E-state index contributed by atoms with van der Waals surface area (Å²) >= 11 is 0. The van der Waals surface area contributed by atoms with Gasteiger partial charge in [0.25, 0.3) is 5.91 Å². The van der Waals surface area contributed by atoms with Crippen LogP contribution in [0.5, 0.6) is 0 Å². The number of nitrogens with zero attached hydrogens (tertiary/aromatic N) is 3. The van der Waals surface area contributed by atoms with Crippen molar-refractivity contribution in [3.63, 3.8) is 0 Å². The van der Waals surface area contributed by atoms with Crippen molar-refractivity contribution in [2.45, 2.75) is 69.7 Å². The van der Waals surface area contributed by atoms with Gasteiger partial charge in [-0.2, -0.15) is 4.31 Å². The first-order valence-electron chi connectivity index (χ1n) is 11.1. The minimum atomic E-state index is -3.54. The van der Waals surface area contributed by atoms with Crippen molar-refractivity contribution in [2.75, 3.05) is 39.3 Å². The van der Waals surface area contributed by atoms with E-state index in [1.165, 1.54) is 32.4 Å². The predicted molar refractivity (Wildman–Crippen MR) is 113 cm³/mol. The molecule has 7 nitrogen and oxygen atoms in total. The van der Waals surface area contributed by atoms with Crippen LogP contribution in [-0.2, 0) is 10.0 Å². The molecule has 29 heavy (non-hydrogen) atoms. The van der Waals surface area contributed by atoms with E-state index in [1.54, 1.807) is 18.2 Å². The maximum atomic E-state index is 13.2. The average molecular weight is 423 g/mol. The van der Waals surface area contributed by atoms with E-state index in [9.17, 15) is 13.2 Å². The van der Waals surface area contributed by atoms with Gasteiger partial charge in [-0.1, -0.05) is 6.42 Å². The molecule has 0 radical (unpaired) electrons. The van der Waals surface area contributed by atoms with Gasteiger partial charge in [0.1, 0.15) is 10.6 Å². The highest BCUT2D eigenvalue weighted by Crippen LogP contribution is 2.30. The Kier molecular flexibility index (Phi) is 6.04. The fourth-order valence-electron chi connectivity index (χ4n) is 5.27. The molecule has 1 N–H and O–H groups in total. The van der Waals surface area contributed by atoms with Gasteiger partial charge >= 0.3 is 0 Å². The number of rotatable bonds is 4. The Balaban J connectivity index is 1.47. The van der Waals surface area contributed by atoms with E-state index in [2.05, 4.69) is 9.88 Å². The zero-order valence-corrected chi connectivity index (χ0v) is 18.6. The van der Waals surface area contributed by atoms with Crippen LogP contribution in [0.15, 0.2) is 4.90 Å². The number of piperidine rings is 2. The van der Waals surface area contributed by atoms with Crippen LogP contribution < -0.4 is 0 Å². The molecule has 0 aromatic carbocycles. The molecule has 3 saturated heterocycles. The van der Waals surface area contributed by atoms with Crippen LogP contribution >= 0.6 is 0 Å². The summed E-state index contributed by atoms with van der Waals surface area (Å²) in [5.41, 5.74) is 1.58. The number of sulfonamides is 1. The van der Waals surface area contributed by atoms with E-state index >= 15 is 0 Å². The Morgan fingerprint density at radius 3 is 2.10 bits per heavy atom. The normalized spacial score (nSPS) is 23.0. The number of nitrogens with one attached hydrogen (secondary N) is 1. The summed E-state index contributed by atoms with van der Waals surface area (Å²) < 4.78 is 27.7. The van der Waals surface area contributed by atoms with Crippen LogP contribution in [0.4, 0.5) is 0 Å². The van der Waals surface area contributed by atoms with Crippen molar-refractivity contribution in [3.8, 4) is 0 Å². The summed E-state index contributed by atoms with van der Waals surface area (Å²) in [5, 5.41) is 0. The largest absolute Gasteiger partial charge is 0.353 e. The Labute approximate surface area is 174 Å². The van der Waals surface area contributed by atoms with Crippen molar-refractivity contribution in [2.24, 2.45) is 0 Å². The number of aromatic amines is 1. The Bertz CT molecular complexity index is 844. The molecule has 162 valence electrons. The van der Waals surface area contributed by atoms with E-state index in [0.717, 1.165) is 38.8 Å². The Morgan fingerprint density at radius 1 is 0.897 bits per heavy atom. The van der Waals surface area contributed by atoms with Crippen LogP contribution in [0.25, 0.3) is 0 Å². The molecule has 0 spiro atoms. The lowest BCUT2D eigenvalue weighted by molar-refractivity contribution is 0.0584. The zero-order chi connectivity index (χ0) is 20.6. The summed E-state index contributed by atoms with van der Waals surface area (Å²) in [5.74, 6) is -0.0643. The highest BCUT2D eigenvalue weighted by Gasteiger charge is 2.35. The number of hydrogen-bond donors (Lipinski definition) is 1. The van der Waals surface area contributed by atoms with Crippen LogP contribution in [0.2, 0.25) is 0 Å². The molecule has 3 aliphatic rings. The maximum absolute atomic E-state index is 13.2. The van der Waals surface area contributed by atoms with Crippen molar-refractivity contribution >= 4 is 15.9 Å². The standard InChI is InChI=1S/C21H34N4O3S/c1-16-19(22-17(2)20(16)29(27,28)25-12-6-7-13-25)21(26)24-14-8-18(9-15-24)23-10-4-3-5-11-23/h18,22H,3-15H2,1-2H3. The Hall–Kier alpha value is -1.38. The van der Waals surface area contributed by atoms with Crippen molar-refractivity contribution in [3.05, 3.63) is 17.0 Å². The second kappa shape index (κ2) is 8.40. The van der Waals surface area contributed by atoms with Crippen LogP contribution in [0.3, 0.4) is 0 Å². The number of H-pyrrole nitrogens is 1. The third-order valence-electron chi connectivity index (χ3n) is 6.90. The molecule has 1 aromatic heterocycles. The van der Waals surface area contributed by atoms with E-state index in [4.69, 9.17) is 0 Å². The van der Waals surface area contributed by atoms with E-state index in [-0.39, 0.29) is 5.91 Å². The molecule has 1 aromatic rings. The summed E-state index contributed by atoms with van der Waals surface area (Å²) in [6, 6.07) is 0.580. The molecule has 0 bridgehead atoms. The van der Waals surface area contributed by atoms with Gasteiger partial charge in [-0.05, 0) is 71.0 Å². The maximum Gasteiger partial charge on any atom is 0.270 e. The minimum Gasteiger partial charge on any atom is -0.353 e. The quantitative estimate of drug-likeness (QED) is 0.809. The van der Waals surface area contributed by atoms with Crippen molar-refractivity contribution < 1.29 is 13.2 Å². The first-order chi connectivity index (χ1) is 13.9. The third kappa shape index (κ3) is 3.99. The smallest absolute Gasteiger partial charge is 0.270 e. The first-order valence-corrected chi connectivity index (χ1v) is 12.6. The number of aryl methyl sites for hydroxylation is 1. The lowest BCUT2D eigenvalue weighted by atomic mass is 9.99. The molecule has 1 amide bonds. The number of carbonyl (C=O) groups excluding carboxylic acids is 1. The third-order valence-corrected chi connectivity index (χ3v) is 9.08. The summed E-state index contributed by atoms with van der Waals surface area (Å²) in [7, 11) is -3.54. The number of aromatic nitrogens is 1. The van der Waals surface area contributed by atoms with Crippen LogP contribution in [0, 0.1) is 13.8 Å². The first kappa shape index (κ1) is 20.9. The fourth-order valence-corrected chi connectivity index (χ4v) is 7.19. The fraction of sp³-hybridized carbons (Fsp3) is 0.762. The zero-order valence-electron chi connectivity index (χ0n) is 17.7. The molecule has 0 saturated carbocycles. The lowest BCUT2D eigenvalue weighted by Crippen LogP contribution is -2.48. The molecular weight excluding hydrogens is 388 g/mol. The molecule has 3 aliphatic heterocycles. The van der Waals surface area contributed by atoms with Gasteiger partial charge in [0.2, 0.25) is 10.0 Å². The van der Waals surface area contributed by atoms with Gasteiger partial charge in [0, 0.05) is 37.9 Å². The molecule has 3 fully saturated rings. The van der Waals surface area contributed by atoms with Gasteiger partial charge in [-0.3, -0.25) is 4.79 Å². The van der Waals surface area contributed by atoms with Crippen LogP contribution in [-0.4, -0.2) is 78.7 Å². The van der Waals surface area contributed by atoms with E-state index in [0.29, 0.717) is 41.0 Å². The highest BCUT2D eigenvalue weighted by atomic mass is 32.2. The van der Waals surface area contributed by atoms with Gasteiger partial charge in [0.15, 0.2) is 0 Å². The second-order valence-electron chi connectivity index (χ2n) is 8.81. The van der Waals surface area contributed by atoms with E-state index < -0.39 is 10.0 Å². The highest BCUT2D eigenvalue weighted by molar-refractivity contribution is 7.89. The topological polar surface area (TPSA) is 76.7 Å². The molecule has 0 aliphatic carbocycles. The lowest BCUT2D eigenvalue weighted by Gasteiger charge is -2.40. The predicted octanol–water partition coefficient (Wildman–Crippen LogP) is 2.51. The monoisotopic (exact) mass is 422 g/mol. The summed E-state index contributed by atoms with van der Waals surface area (Å²) in [4.78, 5) is 21.1. The molecule has 0 atom stereocenters. The Morgan fingerprint density at radius 2 is 1.48 bits per heavy atom. The minimum absolute atomic E-state index is 0.0643. The van der Waals surface area contributed by atoms with Crippen LogP contribution in [0.1, 0.15) is 66.7 Å². The number of hydrogen-bond acceptors (Lipinski definition) is 4. The van der Waals surface area contributed by atoms with Gasteiger partial charge < -0.3 is 14.8 Å². The number of amides is 1. The molecule has 0 unspecified atom stereocenters. The average Bonchev–Trinajstić information content (AvgIpc) is 3.37. The SMILES string of the molecule is Cc1[nH]c(C(=O)N2CCC(N3CCCCC3)CC2)c(C)c1S(=O)(=O)N1CCCC1.